The molecule has 318 valence electrons. The maximum atomic E-state index is 12.9. The number of carbonyl (C=O) groups is 4. The lowest BCUT2D eigenvalue weighted by Crippen LogP contribution is -2.31. The van der Waals surface area contributed by atoms with Crippen LogP contribution < -0.4 is 10.6 Å². The molecule has 4 rings (SSSR count). The molecule has 0 fully saturated rings. The fraction of sp³-hybridized carbons (Fsp3) is 0.442. The quantitative estimate of drug-likeness (QED) is 0.0625. The molecule has 2 aromatic heterocycles. The van der Waals surface area contributed by atoms with Crippen LogP contribution in [0.4, 0.5) is 31.1 Å². The largest absolute Gasteiger partial charge is 0.444 e. The fourth-order valence-corrected chi connectivity index (χ4v) is 5.22. The molecule has 0 bridgehead atoms. The third-order valence-electron chi connectivity index (χ3n) is 6.89. The minimum absolute atomic E-state index is 0.00782. The average Bonchev–Trinajstić information content (AvgIpc) is 3.69. The molecular formula is C43H54ClIN6O8. The molecule has 2 amide bonds. The van der Waals surface area contributed by atoms with E-state index >= 15 is 0 Å². The molecule has 2 N–H and O–H groups in total. The lowest BCUT2D eigenvalue weighted by atomic mass is 10.1. The SMILES string of the molecule is CC(C)(C)OC(=O)Nc1ncc(-c2ccc(C#CCCCCl)cc2)n1C(=O)OC(C)(C)C.CC(C)(C)OC(=O)Nc1ncc(-c2ccc(I)cc2)n1C(=O)OC(C)(C)C. The molecule has 2 heterocycles. The molecule has 0 atom stereocenters. The summed E-state index contributed by atoms with van der Waals surface area (Å²) in [4.78, 5) is 58.5. The number of halogens is 2. The first kappa shape index (κ1) is 48.3. The van der Waals surface area contributed by atoms with E-state index in [1.54, 1.807) is 83.1 Å². The Kier molecular flexibility index (Phi) is 16.6. The van der Waals surface area contributed by atoms with Gasteiger partial charge in [0, 0.05) is 32.6 Å². The van der Waals surface area contributed by atoms with Crippen molar-refractivity contribution in [3.63, 3.8) is 0 Å². The number of anilines is 2. The van der Waals surface area contributed by atoms with Crippen LogP contribution >= 0.6 is 34.2 Å². The zero-order chi connectivity index (χ0) is 44.3. The van der Waals surface area contributed by atoms with E-state index in [4.69, 9.17) is 30.5 Å². The first-order chi connectivity index (χ1) is 27.2. The Morgan fingerprint density at radius 2 is 1.00 bits per heavy atom. The van der Waals surface area contributed by atoms with Gasteiger partial charge in [-0.1, -0.05) is 36.1 Å². The lowest BCUT2D eigenvalue weighted by molar-refractivity contribution is 0.0526. The molecule has 0 aliphatic rings. The molecule has 4 aromatic rings. The second kappa shape index (κ2) is 20.3. The van der Waals surface area contributed by atoms with Crippen LogP contribution in [0.2, 0.25) is 0 Å². The third-order valence-corrected chi connectivity index (χ3v) is 7.88. The highest BCUT2D eigenvalue weighted by Crippen LogP contribution is 2.28. The van der Waals surface area contributed by atoms with E-state index < -0.39 is 46.8 Å². The molecule has 14 nitrogen and oxygen atoms in total. The summed E-state index contributed by atoms with van der Waals surface area (Å²) in [7, 11) is 0. The van der Waals surface area contributed by atoms with Crippen molar-refractivity contribution in [2.45, 2.75) is 118 Å². The number of nitrogens with zero attached hydrogens (tertiary/aromatic N) is 4. The smallest absolute Gasteiger partial charge is 0.421 e. The normalized spacial score (nSPS) is 11.6. The van der Waals surface area contributed by atoms with Gasteiger partial charge in [-0.05, 0) is 136 Å². The second-order valence-corrected chi connectivity index (χ2v) is 18.6. The van der Waals surface area contributed by atoms with Crippen molar-refractivity contribution in [1.29, 1.82) is 0 Å². The molecule has 59 heavy (non-hydrogen) atoms. The van der Waals surface area contributed by atoms with Gasteiger partial charge in [0.05, 0.1) is 23.8 Å². The Balaban J connectivity index is 0.000000320. The Bertz CT molecular complexity index is 2140. The first-order valence-electron chi connectivity index (χ1n) is 18.8. The van der Waals surface area contributed by atoms with Crippen LogP contribution in [0, 0.1) is 15.4 Å². The van der Waals surface area contributed by atoms with Crippen molar-refractivity contribution in [2.75, 3.05) is 16.5 Å². The van der Waals surface area contributed by atoms with Gasteiger partial charge in [-0.15, -0.1) is 11.6 Å². The Morgan fingerprint density at radius 1 is 0.627 bits per heavy atom. The number of nitrogens with one attached hydrogen (secondary N) is 2. The second-order valence-electron chi connectivity index (χ2n) is 17.0. The number of carbonyl (C=O) groups excluding carboxylic acids is 4. The van der Waals surface area contributed by atoms with Gasteiger partial charge in [-0.3, -0.25) is 10.6 Å². The maximum absolute atomic E-state index is 12.9. The maximum Gasteiger partial charge on any atom is 0.421 e. The van der Waals surface area contributed by atoms with Gasteiger partial charge in [0.15, 0.2) is 0 Å². The van der Waals surface area contributed by atoms with Gasteiger partial charge in [-0.2, -0.15) is 0 Å². The molecule has 0 unspecified atom stereocenters. The van der Waals surface area contributed by atoms with Gasteiger partial charge in [-0.25, -0.2) is 38.3 Å². The summed E-state index contributed by atoms with van der Waals surface area (Å²) < 4.78 is 25.1. The van der Waals surface area contributed by atoms with Crippen LogP contribution in [0.15, 0.2) is 60.9 Å². The molecule has 0 saturated heterocycles. The summed E-state index contributed by atoms with van der Waals surface area (Å²) in [5.41, 5.74) is 0.497. The minimum atomic E-state index is -0.732. The fourth-order valence-electron chi connectivity index (χ4n) is 4.73. The summed E-state index contributed by atoms with van der Waals surface area (Å²) in [5.74, 6) is 6.78. The van der Waals surface area contributed by atoms with Crippen molar-refractivity contribution in [1.82, 2.24) is 19.1 Å². The average molecular weight is 945 g/mol. The van der Waals surface area contributed by atoms with E-state index in [0.29, 0.717) is 22.8 Å². The van der Waals surface area contributed by atoms with Gasteiger partial charge in [0.1, 0.15) is 22.4 Å². The highest BCUT2D eigenvalue weighted by Gasteiger charge is 2.28. The monoisotopic (exact) mass is 944 g/mol. The number of aromatic nitrogens is 4. The topological polar surface area (TPSA) is 165 Å². The molecule has 16 heteroatoms. The summed E-state index contributed by atoms with van der Waals surface area (Å²) in [6.45, 7) is 21.1. The Hall–Kier alpha value is -5.08. The third kappa shape index (κ3) is 16.6. The lowest BCUT2D eigenvalue weighted by Gasteiger charge is -2.22. The van der Waals surface area contributed by atoms with E-state index in [2.05, 4.69) is 55.0 Å². The van der Waals surface area contributed by atoms with E-state index in [-0.39, 0.29) is 11.9 Å². The zero-order valence-corrected chi connectivity index (χ0v) is 38.6. The first-order valence-corrected chi connectivity index (χ1v) is 20.4. The minimum Gasteiger partial charge on any atom is -0.444 e. The highest BCUT2D eigenvalue weighted by atomic mass is 127. The van der Waals surface area contributed by atoms with Crippen LogP contribution in [-0.2, 0) is 18.9 Å². The van der Waals surface area contributed by atoms with Crippen LogP contribution in [0.5, 0.6) is 0 Å². The summed E-state index contributed by atoms with van der Waals surface area (Å²) >= 11 is 7.87. The summed E-state index contributed by atoms with van der Waals surface area (Å²) in [6, 6.07) is 15.0. The van der Waals surface area contributed by atoms with E-state index in [0.717, 1.165) is 27.5 Å². The van der Waals surface area contributed by atoms with E-state index in [1.807, 2.05) is 48.5 Å². The van der Waals surface area contributed by atoms with Crippen molar-refractivity contribution >= 4 is 70.5 Å². The number of amides is 2. The highest BCUT2D eigenvalue weighted by molar-refractivity contribution is 14.1. The molecule has 0 aliphatic heterocycles. The number of rotatable bonds is 6. The predicted molar refractivity (Wildman–Crippen MR) is 238 cm³/mol. The molecule has 0 spiro atoms. The molecule has 0 saturated carbocycles. The van der Waals surface area contributed by atoms with Crippen molar-refractivity contribution < 1.29 is 38.1 Å². The van der Waals surface area contributed by atoms with Crippen LogP contribution in [-0.4, -0.2) is 71.8 Å². The summed E-state index contributed by atoms with van der Waals surface area (Å²) in [5, 5.41) is 5.06. The van der Waals surface area contributed by atoms with E-state index in [1.165, 1.54) is 21.5 Å². The number of hydrogen-bond acceptors (Lipinski definition) is 10. The van der Waals surface area contributed by atoms with Gasteiger partial charge in [0.25, 0.3) is 0 Å². The zero-order valence-electron chi connectivity index (χ0n) is 35.7. The number of alkyl halides is 1. The van der Waals surface area contributed by atoms with Crippen molar-refractivity contribution in [3.05, 3.63) is 70.1 Å². The number of benzene rings is 2. The number of unbranched alkanes of at least 4 members (excludes halogenated alkanes) is 1. The Labute approximate surface area is 365 Å². The van der Waals surface area contributed by atoms with Gasteiger partial charge in [0.2, 0.25) is 11.9 Å². The number of imidazole rings is 2. The molecule has 0 aliphatic carbocycles. The predicted octanol–water partition coefficient (Wildman–Crippen LogP) is 11.3. The van der Waals surface area contributed by atoms with Gasteiger partial charge >= 0.3 is 24.4 Å². The van der Waals surface area contributed by atoms with Crippen LogP contribution in [0.25, 0.3) is 22.5 Å². The summed E-state index contributed by atoms with van der Waals surface area (Å²) in [6.07, 6.45) is 1.86. The molecule has 0 radical (unpaired) electrons. The van der Waals surface area contributed by atoms with Gasteiger partial charge < -0.3 is 18.9 Å². The number of hydrogen-bond donors (Lipinski definition) is 2. The van der Waals surface area contributed by atoms with Crippen molar-refractivity contribution in [3.8, 4) is 34.4 Å². The van der Waals surface area contributed by atoms with Crippen molar-refractivity contribution in [2.24, 2.45) is 0 Å². The Morgan fingerprint density at radius 3 is 1.36 bits per heavy atom. The van der Waals surface area contributed by atoms with Crippen LogP contribution in [0.3, 0.4) is 0 Å². The molecule has 2 aromatic carbocycles. The van der Waals surface area contributed by atoms with E-state index in [9.17, 15) is 19.2 Å². The van der Waals surface area contributed by atoms with Crippen LogP contribution in [0.1, 0.15) is 101 Å². The molecular weight excluding hydrogens is 891 g/mol. The standard InChI is InChI=1S/C24H30ClN3O4.C19H24IN3O4/c1-23(2,3)31-21(29)27-20-26-16-19(28(20)22(30)32-24(4,5)6)18-13-11-17(12-14-18)10-8-7-9-15-25;1-18(2,3)26-16(24)22-15-21-11-14(12-7-9-13(20)10-8-12)23(15)17(25)27-19(4,5)6/h11-14,16H,7,9,15H2,1-6H3,(H,26,27,29);7-11H,1-6H3,(H,21,22,24). The number of ether oxygens (including phenoxy) is 4.